The van der Waals surface area contributed by atoms with Crippen LogP contribution in [0.5, 0.6) is 11.5 Å². The predicted molar refractivity (Wildman–Crippen MR) is 134 cm³/mol. The minimum absolute atomic E-state index is 0.117. The van der Waals surface area contributed by atoms with E-state index in [2.05, 4.69) is 21.6 Å². The Morgan fingerprint density at radius 2 is 1.74 bits per heavy atom. The lowest BCUT2D eigenvalue weighted by Crippen LogP contribution is -2.37. The molecule has 3 N–H and O–H groups in total. The van der Waals surface area contributed by atoms with Gasteiger partial charge in [-0.15, -0.1) is 0 Å². The average molecular weight is 454 g/mol. The van der Waals surface area contributed by atoms with Gasteiger partial charge >= 0.3 is 0 Å². The molecule has 0 spiro atoms. The Bertz CT molecular complexity index is 1310. The zero-order chi connectivity index (χ0) is 23.5. The largest absolute Gasteiger partial charge is 0.457 e. The molecule has 1 aliphatic rings. The molecule has 0 atom stereocenters. The number of fused-ring (bicyclic) bond motifs is 1. The molecule has 34 heavy (non-hydrogen) atoms. The first-order chi connectivity index (χ1) is 16.6. The summed E-state index contributed by atoms with van der Waals surface area (Å²) in [6.07, 6.45) is 6.69. The van der Waals surface area contributed by atoms with Crippen LogP contribution in [0.3, 0.4) is 0 Å². The van der Waals surface area contributed by atoms with Crippen LogP contribution in [0.4, 0.5) is 5.82 Å². The predicted octanol–water partition coefficient (Wildman–Crippen LogP) is 5.26. The first-order valence-corrected chi connectivity index (χ1v) is 11.5. The molecule has 1 aliphatic carbocycles. The molecule has 0 bridgehead atoms. The molecule has 1 amide bonds. The van der Waals surface area contributed by atoms with Crippen LogP contribution >= 0.6 is 0 Å². The molecule has 0 radical (unpaired) electrons. The molecule has 2 aromatic heterocycles. The summed E-state index contributed by atoms with van der Waals surface area (Å²) in [5.74, 6) is 1.90. The Balaban J connectivity index is 1.42. The minimum atomic E-state index is -0.117. The van der Waals surface area contributed by atoms with Crippen molar-refractivity contribution < 1.29 is 9.53 Å². The number of nitrogens with zero attached hydrogens (tertiary/aromatic N) is 3. The first-order valence-electron chi connectivity index (χ1n) is 11.5. The highest BCUT2D eigenvalue weighted by molar-refractivity contribution is 6.00. The summed E-state index contributed by atoms with van der Waals surface area (Å²) in [4.78, 5) is 16.0. The van der Waals surface area contributed by atoms with E-state index in [1.807, 2.05) is 60.7 Å². The Morgan fingerprint density at radius 1 is 1.03 bits per heavy atom. The van der Waals surface area contributed by atoms with Crippen LogP contribution in [0.1, 0.15) is 31.7 Å². The standard InChI is InChI=1S/C27H27N5O2/c1-2-24(33)30-19-10-12-20(13-11-19)32-23-16-17-29-27(28)25(23)26(31-32)18-8-14-22(15-9-18)34-21-6-4-3-5-7-21/h2-9,14-17,19-20H,1,10-13H2,(H2,28,29)(H,30,33)/t19-,20-. The number of ether oxygens (including phenoxy) is 1. The maximum absolute atomic E-state index is 11.7. The quantitative estimate of drug-likeness (QED) is 0.388. The molecule has 1 saturated carbocycles. The van der Waals surface area contributed by atoms with Crippen LogP contribution in [0.25, 0.3) is 22.2 Å². The summed E-state index contributed by atoms with van der Waals surface area (Å²) in [6.45, 7) is 3.54. The van der Waals surface area contributed by atoms with E-state index >= 15 is 0 Å². The van der Waals surface area contributed by atoms with Gasteiger partial charge in [-0.05, 0) is 74.2 Å². The van der Waals surface area contributed by atoms with Crippen molar-refractivity contribution in [2.45, 2.75) is 37.8 Å². The second kappa shape index (κ2) is 9.39. The van der Waals surface area contributed by atoms with E-state index in [1.54, 1.807) is 6.20 Å². The number of aromatic nitrogens is 3. The Kier molecular flexibility index (Phi) is 5.99. The summed E-state index contributed by atoms with van der Waals surface area (Å²) >= 11 is 0. The van der Waals surface area contributed by atoms with Gasteiger partial charge in [-0.3, -0.25) is 9.48 Å². The van der Waals surface area contributed by atoms with E-state index in [4.69, 9.17) is 15.6 Å². The number of carbonyl (C=O) groups is 1. The maximum atomic E-state index is 11.7. The lowest BCUT2D eigenvalue weighted by molar-refractivity contribution is -0.117. The fourth-order valence-corrected chi connectivity index (χ4v) is 4.62. The van der Waals surface area contributed by atoms with Gasteiger partial charge in [0.2, 0.25) is 5.91 Å². The van der Waals surface area contributed by atoms with Crippen molar-refractivity contribution in [1.82, 2.24) is 20.1 Å². The van der Waals surface area contributed by atoms with Crippen LogP contribution in [-0.4, -0.2) is 26.7 Å². The summed E-state index contributed by atoms with van der Waals surface area (Å²) in [5.41, 5.74) is 9.06. The van der Waals surface area contributed by atoms with Gasteiger partial charge in [0.15, 0.2) is 0 Å². The normalized spacial score (nSPS) is 17.9. The maximum Gasteiger partial charge on any atom is 0.243 e. The number of nitrogens with two attached hydrogens (primary N) is 1. The summed E-state index contributed by atoms with van der Waals surface area (Å²) in [5, 5.41) is 8.89. The third-order valence-corrected chi connectivity index (χ3v) is 6.33. The molecule has 5 rings (SSSR count). The minimum Gasteiger partial charge on any atom is -0.457 e. The van der Waals surface area contributed by atoms with Crippen molar-refractivity contribution in [3.63, 3.8) is 0 Å². The fraction of sp³-hybridized carbons (Fsp3) is 0.222. The number of nitrogens with one attached hydrogen (secondary N) is 1. The fourth-order valence-electron chi connectivity index (χ4n) is 4.62. The molecule has 7 nitrogen and oxygen atoms in total. The molecule has 0 unspecified atom stereocenters. The summed E-state index contributed by atoms with van der Waals surface area (Å²) < 4.78 is 8.01. The van der Waals surface area contributed by atoms with Crippen molar-refractivity contribution in [2.24, 2.45) is 0 Å². The number of para-hydroxylation sites is 1. The first kappa shape index (κ1) is 21.7. The number of benzene rings is 2. The average Bonchev–Trinajstić information content (AvgIpc) is 3.26. The third kappa shape index (κ3) is 4.37. The van der Waals surface area contributed by atoms with E-state index in [0.29, 0.717) is 5.82 Å². The van der Waals surface area contributed by atoms with Gasteiger partial charge in [-0.1, -0.05) is 24.8 Å². The number of rotatable bonds is 6. The number of carbonyl (C=O) groups excluding carboxylic acids is 1. The van der Waals surface area contributed by atoms with Gasteiger partial charge in [0.25, 0.3) is 0 Å². The third-order valence-electron chi connectivity index (χ3n) is 6.33. The highest BCUT2D eigenvalue weighted by atomic mass is 16.5. The number of amides is 1. The van der Waals surface area contributed by atoms with Crippen LogP contribution in [-0.2, 0) is 4.79 Å². The van der Waals surface area contributed by atoms with Gasteiger partial charge in [0.1, 0.15) is 23.0 Å². The lowest BCUT2D eigenvalue weighted by atomic mass is 9.91. The van der Waals surface area contributed by atoms with Gasteiger partial charge in [0, 0.05) is 17.8 Å². The molecule has 4 aromatic rings. The molecular formula is C27H27N5O2. The van der Waals surface area contributed by atoms with E-state index in [-0.39, 0.29) is 18.0 Å². The zero-order valence-corrected chi connectivity index (χ0v) is 18.9. The van der Waals surface area contributed by atoms with Gasteiger partial charge in [-0.25, -0.2) is 4.98 Å². The van der Waals surface area contributed by atoms with Crippen molar-refractivity contribution in [2.75, 3.05) is 5.73 Å². The van der Waals surface area contributed by atoms with Crippen molar-refractivity contribution in [1.29, 1.82) is 0 Å². The van der Waals surface area contributed by atoms with Gasteiger partial charge in [-0.2, -0.15) is 5.10 Å². The summed E-state index contributed by atoms with van der Waals surface area (Å²) in [7, 11) is 0. The second-order valence-corrected chi connectivity index (χ2v) is 8.54. The molecule has 0 saturated heterocycles. The topological polar surface area (TPSA) is 95.1 Å². The Labute approximate surface area is 198 Å². The highest BCUT2D eigenvalue weighted by Gasteiger charge is 2.26. The molecule has 0 aliphatic heterocycles. The number of pyridine rings is 1. The molecular weight excluding hydrogens is 426 g/mol. The van der Waals surface area contributed by atoms with Gasteiger partial charge < -0.3 is 15.8 Å². The molecule has 1 fully saturated rings. The number of nitrogen functional groups attached to an aromatic ring is 1. The smallest absolute Gasteiger partial charge is 0.243 e. The van der Waals surface area contributed by atoms with Crippen molar-refractivity contribution >= 4 is 22.6 Å². The Morgan fingerprint density at radius 3 is 2.44 bits per heavy atom. The van der Waals surface area contributed by atoms with Crippen LogP contribution < -0.4 is 15.8 Å². The Hall–Kier alpha value is -4.13. The van der Waals surface area contributed by atoms with E-state index in [0.717, 1.165) is 59.3 Å². The number of hydrogen-bond acceptors (Lipinski definition) is 5. The van der Waals surface area contributed by atoms with Gasteiger partial charge in [0.05, 0.1) is 16.9 Å². The van der Waals surface area contributed by atoms with Crippen molar-refractivity contribution in [3.05, 3.63) is 79.5 Å². The lowest BCUT2D eigenvalue weighted by Gasteiger charge is -2.29. The van der Waals surface area contributed by atoms with Crippen molar-refractivity contribution in [3.8, 4) is 22.8 Å². The number of anilines is 1. The molecule has 2 aromatic carbocycles. The number of hydrogen-bond donors (Lipinski definition) is 2. The van der Waals surface area contributed by atoms with Crippen LogP contribution in [0, 0.1) is 0 Å². The second-order valence-electron chi connectivity index (χ2n) is 8.54. The highest BCUT2D eigenvalue weighted by Crippen LogP contribution is 2.37. The van der Waals surface area contributed by atoms with E-state index in [1.165, 1.54) is 6.08 Å². The monoisotopic (exact) mass is 453 g/mol. The molecule has 7 heteroatoms. The summed E-state index contributed by atoms with van der Waals surface area (Å²) in [6, 6.07) is 19.9. The van der Waals surface area contributed by atoms with Crippen LogP contribution in [0.15, 0.2) is 79.5 Å². The molecule has 2 heterocycles. The zero-order valence-electron chi connectivity index (χ0n) is 18.9. The SMILES string of the molecule is C=CC(=O)N[C@H]1CC[C@H](n2nc(-c3ccc(Oc4ccccc4)cc3)c3c(N)nccc32)CC1. The van der Waals surface area contributed by atoms with E-state index < -0.39 is 0 Å². The van der Waals surface area contributed by atoms with Crippen LogP contribution in [0.2, 0.25) is 0 Å². The molecule has 172 valence electrons. The van der Waals surface area contributed by atoms with E-state index in [9.17, 15) is 4.79 Å².